The van der Waals surface area contributed by atoms with E-state index >= 15 is 4.39 Å². The smallest absolute Gasteiger partial charge is 0.148 e. The van der Waals surface area contributed by atoms with Crippen molar-refractivity contribution < 1.29 is 4.39 Å². The van der Waals surface area contributed by atoms with E-state index in [1.807, 2.05) is 59.2 Å². The van der Waals surface area contributed by atoms with Crippen LogP contribution in [-0.4, -0.2) is 4.57 Å². The molecule has 3 nitrogen and oxygen atoms in total. The highest BCUT2D eigenvalue weighted by atomic mass is 19.1. The van der Waals surface area contributed by atoms with E-state index in [0.29, 0.717) is 22.4 Å². The lowest BCUT2D eigenvalue weighted by Gasteiger charge is -2.16. The van der Waals surface area contributed by atoms with Crippen molar-refractivity contribution in [2.75, 3.05) is 0 Å². The summed E-state index contributed by atoms with van der Waals surface area (Å²) >= 11 is 0. The van der Waals surface area contributed by atoms with Crippen LogP contribution in [0.3, 0.4) is 0 Å². The minimum Gasteiger partial charge on any atom is -0.307 e. The molecular formula is C26H14FN3. The summed E-state index contributed by atoms with van der Waals surface area (Å²) in [5.41, 5.74) is 3.73. The molecule has 140 valence electrons. The van der Waals surface area contributed by atoms with Gasteiger partial charge in [0.05, 0.1) is 27.8 Å². The maximum atomic E-state index is 15.1. The molecule has 1 aromatic heterocycles. The monoisotopic (exact) mass is 387 g/mol. The van der Waals surface area contributed by atoms with Gasteiger partial charge in [0.15, 0.2) is 0 Å². The molecule has 0 radical (unpaired) electrons. The van der Waals surface area contributed by atoms with Crippen LogP contribution in [0.4, 0.5) is 4.39 Å². The number of rotatable bonds is 2. The molecule has 0 amide bonds. The van der Waals surface area contributed by atoms with Crippen molar-refractivity contribution in [2.24, 2.45) is 0 Å². The summed E-state index contributed by atoms with van der Waals surface area (Å²) < 4.78 is 17.1. The van der Waals surface area contributed by atoms with Crippen molar-refractivity contribution in [3.63, 3.8) is 0 Å². The number of halogens is 1. The fourth-order valence-electron chi connectivity index (χ4n) is 4.08. The molecule has 1 heterocycles. The van der Waals surface area contributed by atoms with Gasteiger partial charge in [0.25, 0.3) is 0 Å². The topological polar surface area (TPSA) is 52.5 Å². The molecule has 5 rings (SSSR count). The quantitative estimate of drug-likeness (QED) is 0.355. The minimum absolute atomic E-state index is 0.0250. The van der Waals surface area contributed by atoms with Crippen LogP contribution in [0.5, 0.6) is 0 Å². The summed E-state index contributed by atoms with van der Waals surface area (Å²) in [7, 11) is 0. The molecule has 5 aromatic rings. The molecule has 0 N–H and O–H groups in total. The van der Waals surface area contributed by atoms with Gasteiger partial charge >= 0.3 is 0 Å². The van der Waals surface area contributed by atoms with E-state index in [1.165, 1.54) is 6.07 Å². The van der Waals surface area contributed by atoms with E-state index in [2.05, 4.69) is 6.07 Å². The number of nitriles is 2. The van der Waals surface area contributed by atoms with Gasteiger partial charge in [0, 0.05) is 21.9 Å². The fraction of sp³-hybridized carbons (Fsp3) is 0. The first-order chi connectivity index (χ1) is 14.7. The summed E-state index contributed by atoms with van der Waals surface area (Å²) in [6, 6.07) is 30.1. The number of fused-ring (bicyclic) bond motifs is 3. The maximum absolute atomic E-state index is 15.1. The first kappa shape index (κ1) is 17.7. The fourth-order valence-corrected chi connectivity index (χ4v) is 4.08. The van der Waals surface area contributed by atoms with E-state index in [9.17, 15) is 10.5 Å². The summed E-state index contributed by atoms with van der Waals surface area (Å²) in [5, 5.41) is 21.3. The third-order valence-electron chi connectivity index (χ3n) is 5.37. The van der Waals surface area contributed by atoms with Gasteiger partial charge in [0.1, 0.15) is 18.0 Å². The zero-order chi connectivity index (χ0) is 20.7. The number of nitrogens with zero attached hydrogens (tertiary/aromatic N) is 3. The molecular weight excluding hydrogens is 373 g/mol. The second kappa shape index (κ2) is 6.88. The van der Waals surface area contributed by atoms with Crippen LogP contribution in [0.2, 0.25) is 0 Å². The normalized spacial score (nSPS) is 10.8. The average molecular weight is 387 g/mol. The first-order valence-corrected chi connectivity index (χ1v) is 9.45. The third-order valence-corrected chi connectivity index (χ3v) is 5.37. The van der Waals surface area contributed by atoms with Gasteiger partial charge < -0.3 is 4.57 Å². The van der Waals surface area contributed by atoms with Crippen molar-refractivity contribution in [3.8, 4) is 29.0 Å². The van der Waals surface area contributed by atoms with Gasteiger partial charge in [-0.15, -0.1) is 0 Å². The molecule has 0 aliphatic heterocycles. The lowest BCUT2D eigenvalue weighted by molar-refractivity contribution is 0.627. The van der Waals surface area contributed by atoms with Crippen molar-refractivity contribution >= 4 is 21.8 Å². The standard InChI is InChI=1S/C26H14FN3/c27-25-17(15-28)7-5-11-21(25)22-12-6-8-18(16-29)26(22)30-23-13-3-1-9-19(23)20-10-2-4-14-24(20)30/h1-14H. The van der Waals surface area contributed by atoms with E-state index in [1.54, 1.807) is 30.3 Å². The molecule has 0 aliphatic rings. The van der Waals surface area contributed by atoms with Gasteiger partial charge in [-0.3, -0.25) is 0 Å². The Balaban J connectivity index is 1.97. The van der Waals surface area contributed by atoms with E-state index in [0.717, 1.165) is 21.8 Å². The molecule has 0 bridgehead atoms. The van der Waals surface area contributed by atoms with Crippen LogP contribution in [0.15, 0.2) is 84.9 Å². The Morgan fingerprint density at radius 3 is 1.73 bits per heavy atom. The second-order valence-electron chi connectivity index (χ2n) is 6.96. The molecule has 0 saturated carbocycles. The molecule has 0 spiro atoms. The lowest BCUT2D eigenvalue weighted by atomic mass is 9.97. The largest absolute Gasteiger partial charge is 0.307 e. The van der Waals surface area contributed by atoms with Crippen LogP contribution in [0, 0.1) is 28.5 Å². The predicted octanol–water partition coefficient (Wildman–Crippen LogP) is 6.33. The number of hydrogen-bond donors (Lipinski definition) is 0. The van der Waals surface area contributed by atoms with Crippen LogP contribution in [0.1, 0.15) is 11.1 Å². The van der Waals surface area contributed by atoms with Crippen LogP contribution in [0.25, 0.3) is 38.6 Å². The Morgan fingerprint density at radius 2 is 1.13 bits per heavy atom. The molecule has 30 heavy (non-hydrogen) atoms. The summed E-state index contributed by atoms with van der Waals surface area (Å²) in [5.74, 6) is -0.586. The van der Waals surface area contributed by atoms with Crippen molar-refractivity contribution in [1.82, 2.24) is 4.57 Å². The zero-order valence-corrected chi connectivity index (χ0v) is 15.8. The number of benzene rings is 4. The molecule has 0 atom stereocenters. The second-order valence-corrected chi connectivity index (χ2v) is 6.96. The van der Waals surface area contributed by atoms with E-state index in [4.69, 9.17) is 0 Å². The highest BCUT2D eigenvalue weighted by molar-refractivity contribution is 6.10. The van der Waals surface area contributed by atoms with Gasteiger partial charge in [-0.2, -0.15) is 10.5 Å². The summed E-state index contributed by atoms with van der Waals surface area (Å²) in [4.78, 5) is 0. The molecule has 4 heteroatoms. The molecule has 0 aliphatic carbocycles. The van der Waals surface area contributed by atoms with Gasteiger partial charge in [0.2, 0.25) is 0 Å². The minimum atomic E-state index is -0.586. The Morgan fingerprint density at radius 1 is 0.600 bits per heavy atom. The Kier molecular flexibility index (Phi) is 4.05. The first-order valence-electron chi connectivity index (χ1n) is 9.45. The summed E-state index contributed by atoms with van der Waals surface area (Å²) in [6.07, 6.45) is 0. The van der Waals surface area contributed by atoms with Crippen LogP contribution < -0.4 is 0 Å². The van der Waals surface area contributed by atoms with Gasteiger partial charge in [-0.25, -0.2) is 4.39 Å². The Hall–Kier alpha value is -4.41. The van der Waals surface area contributed by atoms with Crippen LogP contribution >= 0.6 is 0 Å². The molecule has 0 fully saturated rings. The molecule has 0 unspecified atom stereocenters. The number of hydrogen-bond acceptors (Lipinski definition) is 2. The average Bonchev–Trinajstić information content (AvgIpc) is 3.13. The number of para-hydroxylation sites is 3. The zero-order valence-electron chi connectivity index (χ0n) is 15.8. The highest BCUT2D eigenvalue weighted by Crippen LogP contribution is 2.38. The third kappa shape index (κ3) is 2.49. The van der Waals surface area contributed by atoms with Crippen molar-refractivity contribution in [2.45, 2.75) is 0 Å². The Labute approximate surface area is 172 Å². The van der Waals surface area contributed by atoms with Gasteiger partial charge in [-0.1, -0.05) is 60.7 Å². The molecule has 4 aromatic carbocycles. The van der Waals surface area contributed by atoms with Crippen LogP contribution in [-0.2, 0) is 0 Å². The SMILES string of the molecule is N#Cc1cccc(-c2cccc(C#N)c2-n2c3ccccc3c3ccccc32)c1F. The predicted molar refractivity (Wildman–Crippen MR) is 116 cm³/mol. The Bertz CT molecular complexity index is 1480. The van der Waals surface area contributed by atoms with Gasteiger partial charge in [-0.05, 0) is 24.3 Å². The van der Waals surface area contributed by atoms with Crippen molar-refractivity contribution in [3.05, 3.63) is 102 Å². The number of aromatic nitrogens is 1. The maximum Gasteiger partial charge on any atom is 0.148 e. The highest BCUT2D eigenvalue weighted by Gasteiger charge is 2.20. The van der Waals surface area contributed by atoms with E-state index < -0.39 is 5.82 Å². The van der Waals surface area contributed by atoms with Crippen molar-refractivity contribution in [1.29, 1.82) is 10.5 Å². The van der Waals surface area contributed by atoms with E-state index in [-0.39, 0.29) is 5.56 Å². The lowest BCUT2D eigenvalue weighted by Crippen LogP contribution is -2.02. The molecule has 0 saturated heterocycles. The summed E-state index contributed by atoms with van der Waals surface area (Å²) in [6.45, 7) is 0.